The molecule has 2 heterocycles. The summed E-state index contributed by atoms with van der Waals surface area (Å²) in [5.74, 6) is 1.15. The highest BCUT2D eigenvalue weighted by atomic mass is 16.5. The molecule has 0 atom stereocenters. The summed E-state index contributed by atoms with van der Waals surface area (Å²) in [5.41, 5.74) is 2.88. The number of aromatic nitrogens is 4. The van der Waals surface area contributed by atoms with Crippen LogP contribution in [0.3, 0.4) is 0 Å². The highest BCUT2D eigenvalue weighted by Gasteiger charge is 2.12. The number of aromatic amines is 1. The van der Waals surface area contributed by atoms with Crippen molar-refractivity contribution >= 4 is 16.9 Å². The maximum Gasteiger partial charge on any atom is 0.251 e. The van der Waals surface area contributed by atoms with Gasteiger partial charge in [-0.05, 0) is 36.4 Å². The average molecular weight is 349 g/mol. The maximum atomic E-state index is 12.3. The minimum atomic E-state index is -0.234. The van der Waals surface area contributed by atoms with E-state index in [0.29, 0.717) is 23.1 Å². The Morgan fingerprint density at radius 3 is 3.04 bits per heavy atom. The molecule has 0 spiro atoms. The molecule has 0 unspecified atom stereocenters. The van der Waals surface area contributed by atoms with E-state index in [-0.39, 0.29) is 12.5 Å². The normalized spacial score (nSPS) is 10.8. The lowest BCUT2D eigenvalue weighted by Gasteiger charge is -2.02. The zero-order valence-corrected chi connectivity index (χ0v) is 13.9. The molecule has 0 saturated carbocycles. The Morgan fingerprint density at radius 2 is 2.15 bits per heavy atom. The first-order valence-corrected chi connectivity index (χ1v) is 7.91. The summed E-state index contributed by atoms with van der Waals surface area (Å²) in [5, 5.41) is 10.7. The number of amides is 1. The van der Waals surface area contributed by atoms with Gasteiger partial charge in [-0.15, -0.1) is 10.2 Å². The molecule has 0 radical (unpaired) electrons. The van der Waals surface area contributed by atoms with Gasteiger partial charge >= 0.3 is 0 Å². The number of rotatable bonds is 5. The highest BCUT2D eigenvalue weighted by Crippen LogP contribution is 2.22. The number of carbonyl (C=O) groups excluding carboxylic acids is 1. The van der Waals surface area contributed by atoms with Gasteiger partial charge in [0.05, 0.1) is 31.0 Å². The lowest BCUT2D eigenvalue weighted by molar-refractivity contribution is 0.0947. The summed E-state index contributed by atoms with van der Waals surface area (Å²) < 4.78 is 10.8. The molecule has 0 aliphatic heterocycles. The van der Waals surface area contributed by atoms with Gasteiger partial charge < -0.3 is 19.5 Å². The Hall–Kier alpha value is -3.68. The Bertz CT molecular complexity index is 1070. The third-order valence-corrected chi connectivity index (χ3v) is 3.87. The standard InChI is InChI=1S/C18H15N5O3/c1-25-13-4-2-3-12(7-13)18-23-22-16(26-18)9-19-17(24)11-5-6-14-15(8-11)21-10-20-14/h2-8,10H,9H2,1H3,(H,19,24)(H,20,21). The first-order chi connectivity index (χ1) is 12.7. The molecule has 26 heavy (non-hydrogen) atoms. The molecule has 1 amide bonds. The molecule has 4 aromatic rings. The van der Waals surface area contributed by atoms with Crippen molar-refractivity contribution in [3.8, 4) is 17.2 Å². The van der Waals surface area contributed by atoms with Crippen molar-refractivity contribution in [3.05, 3.63) is 60.2 Å². The van der Waals surface area contributed by atoms with E-state index in [0.717, 1.165) is 16.6 Å². The van der Waals surface area contributed by atoms with Crippen LogP contribution in [0.15, 0.2) is 53.2 Å². The number of carbonyl (C=O) groups is 1. The second-order valence-electron chi connectivity index (χ2n) is 5.55. The van der Waals surface area contributed by atoms with Crippen molar-refractivity contribution < 1.29 is 13.9 Å². The highest BCUT2D eigenvalue weighted by molar-refractivity contribution is 5.97. The molecule has 8 nitrogen and oxygen atoms in total. The van der Waals surface area contributed by atoms with Gasteiger partial charge in [0.1, 0.15) is 5.75 Å². The molecule has 2 aromatic carbocycles. The van der Waals surface area contributed by atoms with Crippen molar-refractivity contribution in [2.45, 2.75) is 6.54 Å². The van der Waals surface area contributed by atoms with E-state index in [1.54, 1.807) is 37.7 Å². The van der Waals surface area contributed by atoms with E-state index < -0.39 is 0 Å². The lowest BCUT2D eigenvalue weighted by Crippen LogP contribution is -2.22. The van der Waals surface area contributed by atoms with Crippen LogP contribution < -0.4 is 10.1 Å². The van der Waals surface area contributed by atoms with E-state index in [1.165, 1.54) is 0 Å². The third-order valence-electron chi connectivity index (χ3n) is 3.87. The number of benzene rings is 2. The SMILES string of the molecule is COc1cccc(-c2nnc(CNC(=O)c3ccc4nc[nH]c4c3)o2)c1. The first-order valence-electron chi connectivity index (χ1n) is 7.91. The number of nitrogens with one attached hydrogen (secondary N) is 2. The van der Waals surface area contributed by atoms with E-state index in [2.05, 4.69) is 25.5 Å². The van der Waals surface area contributed by atoms with Gasteiger partial charge in [0, 0.05) is 11.1 Å². The van der Waals surface area contributed by atoms with Crippen LogP contribution in [-0.2, 0) is 6.54 Å². The van der Waals surface area contributed by atoms with Crippen LogP contribution in [0.5, 0.6) is 5.75 Å². The van der Waals surface area contributed by atoms with Crippen molar-refractivity contribution in [1.82, 2.24) is 25.5 Å². The lowest BCUT2D eigenvalue weighted by atomic mass is 10.2. The summed E-state index contributed by atoms with van der Waals surface area (Å²) in [6, 6.07) is 12.6. The molecule has 130 valence electrons. The summed E-state index contributed by atoms with van der Waals surface area (Å²) in [7, 11) is 1.59. The van der Waals surface area contributed by atoms with Gasteiger partial charge in [-0.2, -0.15) is 0 Å². The van der Waals surface area contributed by atoms with Gasteiger partial charge in [0.2, 0.25) is 11.8 Å². The average Bonchev–Trinajstić information content (AvgIpc) is 3.34. The second kappa shape index (κ2) is 6.67. The number of H-pyrrole nitrogens is 1. The minimum absolute atomic E-state index is 0.136. The monoisotopic (exact) mass is 349 g/mol. The predicted octanol–water partition coefficient (Wildman–Crippen LogP) is 2.55. The number of hydrogen-bond donors (Lipinski definition) is 2. The van der Waals surface area contributed by atoms with Gasteiger partial charge in [-0.25, -0.2) is 4.98 Å². The molecular weight excluding hydrogens is 334 g/mol. The van der Waals surface area contributed by atoms with Crippen LogP contribution in [0.2, 0.25) is 0 Å². The van der Waals surface area contributed by atoms with Crippen LogP contribution in [0, 0.1) is 0 Å². The molecule has 4 rings (SSSR count). The first kappa shape index (κ1) is 15.8. The smallest absolute Gasteiger partial charge is 0.251 e. The number of ether oxygens (including phenoxy) is 1. The van der Waals surface area contributed by atoms with E-state index >= 15 is 0 Å². The van der Waals surface area contributed by atoms with Gasteiger partial charge in [-0.3, -0.25) is 4.79 Å². The molecule has 0 saturated heterocycles. The van der Waals surface area contributed by atoms with Crippen molar-refractivity contribution in [1.29, 1.82) is 0 Å². The number of imidazole rings is 1. The number of methoxy groups -OCH3 is 1. The molecule has 0 aliphatic carbocycles. The molecule has 0 bridgehead atoms. The zero-order chi connectivity index (χ0) is 17.9. The largest absolute Gasteiger partial charge is 0.497 e. The zero-order valence-electron chi connectivity index (χ0n) is 13.9. The summed E-state index contributed by atoms with van der Waals surface area (Å²) in [6.45, 7) is 0.136. The van der Waals surface area contributed by atoms with Crippen LogP contribution in [0.1, 0.15) is 16.2 Å². The fraction of sp³-hybridized carbons (Fsp3) is 0.111. The fourth-order valence-electron chi connectivity index (χ4n) is 2.53. The fourth-order valence-corrected chi connectivity index (χ4v) is 2.53. The molecular formula is C18H15N5O3. The summed E-state index contributed by atoms with van der Waals surface area (Å²) in [4.78, 5) is 19.4. The molecule has 0 aliphatic rings. The van der Waals surface area contributed by atoms with Gasteiger partial charge in [-0.1, -0.05) is 6.07 Å². The summed E-state index contributed by atoms with van der Waals surface area (Å²) in [6.07, 6.45) is 1.59. The van der Waals surface area contributed by atoms with Crippen LogP contribution in [-0.4, -0.2) is 33.2 Å². The Balaban J connectivity index is 1.44. The van der Waals surface area contributed by atoms with Crippen molar-refractivity contribution in [3.63, 3.8) is 0 Å². The predicted molar refractivity (Wildman–Crippen MR) is 93.5 cm³/mol. The summed E-state index contributed by atoms with van der Waals surface area (Å²) >= 11 is 0. The number of nitrogens with zero attached hydrogens (tertiary/aromatic N) is 3. The second-order valence-corrected chi connectivity index (χ2v) is 5.55. The Morgan fingerprint density at radius 1 is 1.23 bits per heavy atom. The van der Waals surface area contributed by atoms with E-state index in [1.807, 2.05) is 18.2 Å². The van der Waals surface area contributed by atoms with Crippen LogP contribution in [0.25, 0.3) is 22.5 Å². The molecule has 0 fully saturated rings. The quantitative estimate of drug-likeness (QED) is 0.573. The molecule has 8 heteroatoms. The van der Waals surface area contributed by atoms with E-state index in [4.69, 9.17) is 9.15 Å². The van der Waals surface area contributed by atoms with E-state index in [9.17, 15) is 4.79 Å². The number of hydrogen-bond acceptors (Lipinski definition) is 6. The Kier molecular flexibility index (Phi) is 4.06. The minimum Gasteiger partial charge on any atom is -0.497 e. The molecule has 2 N–H and O–H groups in total. The third kappa shape index (κ3) is 3.12. The maximum absolute atomic E-state index is 12.3. The topological polar surface area (TPSA) is 106 Å². The van der Waals surface area contributed by atoms with Crippen molar-refractivity contribution in [2.24, 2.45) is 0 Å². The Labute approximate surface area is 148 Å². The van der Waals surface area contributed by atoms with Crippen molar-refractivity contribution in [2.75, 3.05) is 7.11 Å². The van der Waals surface area contributed by atoms with Crippen LogP contribution in [0.4, 0.5) is 0 Å². The van der Waals surface area contributed by atoms with Crippen LogP contribution >= 0.6 is 0 Å². The van der Waals surface area contributed by atoms with Gasteiger partial charge in [0.25, 0.3) is 5.91 Å². The van der Waals surface area contributed by atoms with Gasteiger partial charge in [0.15, 0.2) is 0 Å². The number of fused-ring (bicyclic) bond motifs is 1. The molecule has 2 aromatic heterocycles.